The molecule has 0 N–H and O–H groups in total. The van der Waals surface area contributed by atoms with E-state index in [4.69, 9.17) is 14.5 Å². The predicted molar refractivity (Wildman–Crippen MR) is 109 cm³/mol. The molecule has 3 aromatic carbocycles. The van der Waals surface area contributed by atoms with Crippen molar-refractivity contribution < 1.29 is 14.3 Å². The van der Waals surface area contributed by atoms with Gasteiger partial charge in [-0.05, 0) is 29.8 Å². The van der Waals surface area contributed by atoms with Gasteiger partial charge < -0.3 is 9.47 Å². The van der Waals surface area contributed by atoms with Gasteiger partial charge in [0.25, 0.3) is 0 Å². The zero-order valence-corrected chi connectivity index (χ0v) is 15.5. The van der Waals surface area contributed by atoms with Crippen LogP contribution >= 0.6 is 0 Å². The van der Waals surface area contributed by atoms with Crippen molar-refractivity contribution in [1.29, 1.82) is 0 Å². The molecule has 138 valence electrons. The van der Waals surface area contributed by atoms with Crippen molar-refractivity contribution in [3.63, 3.8) is 0 Å². The molecule has 0 aliphatic rings. The van der Waals surface area contributed by atoms with Gasteiger partial charge in [-0.25, -0.2) is 9.78 Å². The molecular weight excluding hydrogens is 350 g/mol. The fraction of sp³-hybridized carbons (Fsp3) is 0.0833. The lowest BCUT2D eigenvalue weighted by atomic mass is 10.0. The number of ether oxygens (including phenoxy) is 2. The summed E-state index contributed by atoms with van der Waals surface area (Å²) in [5, 5.41) is 0.780. The first-order chi connectivity index (χ1) is 13.7. The van der Waals surface area contributed by atoms with Crippen molar-refractivity contribution in [2.45, 2.75) is 6.61 Å². The van der Waals surface area contributed by atoms with Gasteiger partial charge in [0.1, 0.15) is 12.4 Å². The molecule has 4 nitrogen and oxygen atoms in total. The number of carbonyl (C=O) groups excluding carboxylic acids is 1. The van der Waals surface area contributed by atoms with Crippen LogP contribution in [0.3, 0.4) is 0 Å². The maximum atomic E-state index is 12.9. The van der Waals surface area contributed by atoms with Crippen molar-refractivity contribution in [3.8, 4) is 17.0 Å². The van der Waals surface area contributed by atoms with Gasteiger partial charge in [-0.1, -0.05) is 60.7 Å². The Hall–Kier alpha value is -3.66. The van der Waals surface area contributed by atoms with E-state index in [2.05, 4.69) is 0 Å². The van der Waals surface area contributed by atoms with E-state index in [0.717, 1.165) is 33.5 Å². The normalized spacial score (nSPS) is 10.6. The standard InChI is InChI=1S/C24H19NO3/c1-27-19-13-11-17(12-14-19)16-28-24(26)21-15-23(18-7-3-2-4-8-18)25-22-10-6-5-9-20(21)22/h2-15H,16H2,1H3. The van der Waals surface area contributed by atoms with Crippen molar-refractivity contribution >= 4 is 16.9 Å². The van der Waals surface area contributed by atoms with Gasteiger partial charge in [-0.2, -0.15) is 0 Å². The molecule has 0 aliphatic heterocycles. The molecule has 0 unspecified atom stereocenters. The van der Waals surface area contributed by atoms with Crippen molar-refractivity contribution in [1.82, 2.24) is 4.98 Å². The summed E-state index contributed by atoms with van der Waals surface area (Å²) in [7, 11) is 1.62. The van der Waals surface area contributed by atoms with Crippen LogP contribution in [0, 0.1) is 0 Å². The minimum absolute atomic E-state index is 0.195. The molecule has 0 amide bonds. The monoisotopic (exact) mass is 369 g/mol. The summed E-state index contributed by atoms with van der Waals surface area (Å²) in [6, 6.07) is 26.7. The number of aromatic nitrogens is 1. The molecule has 0 atom stereocenters. The molecule has 4 heteroatoms. The average Bonchev–Trinajstić information content (AvgIpc) is 2.77. The highest BCUT2D eigenvalue weighted by Crippen LogP contribution is 2.25. The first-order valence-electron chi connectivity index (χ1n) is 9.00. The summed E-state index contributed by atoms with van der Waals surface area (Å²) < 4.78 is 10.7. The molecule has 1 aromatic heterocycles. The van der Waals surface area contributed by atoms with E-state index in [1.165, 1.54) is 0 Å². The van der Waals surface area contributed by atoms with E-state index in [9.17, 15) is 4.79 Å². The van der Waals surface area contributed by atoms with Gasteiger partial charge in [0, 0.05) is 10.9 Å². The number of hydrogen-bond donors (Lipinski definition) is 0. The van der Waals surface area contributed by atoms with Crippen LogP contribution in [0.2, 0.25) is 0 Å². The molecule has 4 rings (SSSR count). The lowest BCUT2D eigenvalue weighted by molar-refractivity contribution is 0.0475. The van der Waals surface area contributed by atoms with Crippen LogP contribution in [0.1, 0.15) is 15.9 Å². The minimum atomic E-state index is -0.369. The number of hydrogen-bond acceptors (Lipinski definition) is 4. The Labute approximate surface area is 163 Å². The largest absolute Gasteiger partial charge is 0.497 e. The molecule has 28 heavy (non-hydrogen) atoms. The van der Waals surface area contributed by atoms with Gasteiger partial charge in [0.05, 0.1) is 23.9 Å². The summed E-state index contributed by atoms with van der Waals surface area (Å²) in [5.41, 5.74) is 3.88. The molecule has 0 bridgehead atoms. The number of carbonyl (C=O) groups is 1. The Bertz CT molecular complexity index is 1110. The number of nitrogens with zero attached hydrogens (tertiary/aromatic N) is 1. The van der Waals surface area contributed by atoms with E-state index in [1.54, 1.807) is 13.2 Å². The number of methoxy groups -OCH3 is 1. The van der Waals surface area contributed by atoms with Crippen molar-refractivity contribution in [2.75, 3.05) is 7.11 Å². The summed E-state index contributed by atoms with van der Waals surface area (Å²) >= 11 is 0. The second kappa shape index (κ2) is 7.92. The molecule has 0 fully saturated rings. The van der Waals surface area contributed by atoms with E-state index >= 15 is 0 Å². The van der Waals surface area contributed by atoms with Crippen LogP contribution in [0.15, 0.2) is 84.9 Å². The highest BCUT2D eigenvalue weighted by Gasteiger charge is 2.15. The zero-order valence-electron chi connectivity index (χ0n) is 15.5. The van der Waals surface area contributed by atoms with E-state index in [0.29, 0.717) is 5.56 Å². The first-order valence-corrected chi connectivity index (χ1v) is 9.00. The number of esters is 1. The SMILES string of the molecule is COc1ccc(COC(=O)c2cc(-c3ccccc3)nc3ccccc23)cc1. The summed E-state index contributed by atoms with van der Waals surface area (Å²) in [4.78, 5) is 17.6. The molecule has 0 saturated carbocycles. The minimum Gasteiger partial charge on any atom is -0.497 e. The van der Waals surface area contributed by atoms with Crippen LogP contribution in [0.4, 0.5) is 0 Å². The van der Waals surface area contributed by atoms with Gasteiger partial charge in [0.2, 0.25) is 0 Å². The topological polar surface area (TPSA) is 48.4 Å². The Morgan fingerprint density at radius 1 is 0.893 bits per heavy atom. The van der Waals surface area contributed by atoms with Crippen molar-refractivity contribution in [2.24, 2.45) is 0 Å². The quantitative estimate of drug-likeness (QED) is 0.450. The Balaban J connectivity index is 1.65. The fourth-order valence-electron chi connectivity index (χ4n) is 3.05. The van der Waals surface area contributed by atoms with Gasteiger partial charge in [-0.15, -0.1) is 0 Å². The molecule has 1 heterocycles. The third-order valence-corrected chi connectivity index (χ3v) is 4.53. The van der Waals surface area contributed by atoms with Gasteiger partial charge in [-0.3, -0.25) is 0 Å². The molecule has 0 radical (unpaired) electrons. The van der Waals surface area contributed by atoms with Crippen LogP contribution in [0.5, 0.6) is 5.75 Å². The smallest absolute Gasteiger partial charge is 0.339 e. The second-order valence-electron chi connectivity index (χ2n) is 6.36. The first kappa shape index (κ1) is 17.7. The van der Waals surface area contributed by atoms with Gasteiger partial charge in [0.15, 0.2) is 0 Å². The Morgan fingerprint density at radius 2 is 1.61 bits per heavy atom. The summed E-state index contributed by atoms with van der Waals surface area (Å²) in [5.74, 6) is 0.398. The van der Waals surface area contributed by atoms with E-state index < -0.39 is 0 Å². The van der Waals surface area contributed by atoms with Crippen LogP contribution in [-0.2, 0) is 11.3 Å². The predicted octanol–water partition coefficient (Wildman–Crippen LogP) is 5.27. The third kappa shape index (κ3) is 3.71. The number of rotatable bonds is 5. The highest BCUT2D eigenvalue weighted by atomic mass is 16.5. The molecule has 0 spiro atoms. The van der Waals surface area contributed by atoms with E-state index in [-0.39, 0.29) is 12.6 Å². The maximum Gasteiger partial charge on any atom is 0.339 e. The highest BCUT2D eigenvalue weighted by molar-refractivity contribution is 6.04. The summed E-state index contributed by atoms with van der Waals surface area (Å²) in [6.45, 7) is 0.195. The van der Waals surface area contributed by atoms with Crippen molar-refractivity contribution in [3.05, 3.63) is 96.1 Å². The zero-order chi connectivity index (χ0) is 19.3. The van der Waals surface area contributed by atoms with Crippen LogP contribution in [0.25, 0.3) is 22.2 Å². The average molecular weight is 369 g/mol. The third-order valence-electron chi connectivity index (χ3n) is 4.53. The summed E-state index contributed by atoms with van der Waals surface area (Å²) in [6.07, 6.45) is 0. The Morgan fingerprint density at radius 3 is 2.36 bits per heavy atom. The van der Waals surface area contributed by atoms with Crippen LogP contribution < -0.4 is 4.74 Å². The lowest BCUT2D eigenvalue weighted by Gasteiger charge is -2.10. The maximum absolute atomic E-state index is 12.9. The number of pyridine rings is 1. The fourth-order valence-corrected chi connectivity index (χ4v) is 3.05. The lowest BCUT2D eigenvalue weighted by Crippen LogP contribution is -2.07. The number of benzene rings is 3. The molecule has 0 saturated heterocycles. The van der Waals surface area contributed by atoms with E-state index in [1.807, 2.05) is 78.9 Å². The van der Waals surface area contributed by atoms with Crippen LogP contribution in [-0.4, -0.2) is 18.1 Å². The van der Waals surface area contributed by atoms with Gasteiger partial charge >= 0.3 is 5.97 Å². The number of fused-ring (bicyclic) bond motifs is 1. The number of para-hydroxylation sites is 1. The second-order valence-corrected chi connectivity index (χ2v) is 6.36. The molecular formula is C24H19NO3. The molecule has 4 aromatic rings. The Kier molecular flexibility index (Phi) is 5.02. The molecule has 0 aliphatic carbocycles.